The Morgan fingerprint density at radius 1 is 1.17 bits per heavy atom. The minimum absolute atomic E-state index is 0.0305. The number of carboxylic acid groups (broad SMARTS) is 1. The van der Waals surface area contributed by atoms with Crippen LogP contribution in [0.4, 0.5) is 10.5 Å². The highest BCUT2D eigenvalue weighted by atomic mass is 16.7. The van der Waals surface area contributed by atoms with Crippen LogP contribution in [0.2, 0.25) is 0 Å². The first-order valence-corrected chi connectivity index (χ1v) is 8.71. The smallest absolute Gasteiger partial charge is 0.457 e. The van der Waals surface area contributed by atoms with Gasteiger partial charge in [-0.15, -0.1) is 0 Å². The SMILES string of the molecule is COCc1c(OC(=O)O)ncc2[nH]c3ccc(Oc4ccc([N+](=O)[O-])cc4)cc3c12. The van der Waals surface area contributed by atoms with Crippen molar-refractivity contribution in [2.24, 2.45) is 0 Å². The molecular formula is C20H15N3O7. The number of H-pyrrole nitrogens is 1. The molecule has 2 heterocycles. The van der Waals surface area contributed by atoms with Crippen LogP contribution in [0.5, 0.6) is 17.4 Å². The Morgan fingerprint density at radius 3 is 2.57 bits per heavy atom. The van der Waals surface area contributed by atoms with Gasteiger partial charge in [-0.05, 0) is 30.3 Å². The zero-order chi connectivity index (χ0) is 21.3. The molecule has 4 rings (SSSR count). The number of aromatic nitrogens is 2. The molecule has 0 fully saturated rings. The van der Waals surface area contributed by atoms with Crippen LogP contribution in [-0.2, 0) is 11.3 Å². The van der Waals surface area contributed by atoms with Gasteiger partial charge in [0.1, 0.15) is 11.5 Å². The molecule has 0 saturated carbocycles. The predicted octanol–water partition coefficient (Wildman–Crippen LogP) is 4.62. The second kappa shape index (κ2) is 7.68. The van der Waals surface area contributed by atoms with Gasteiger partial charge in [0.25, 0.3) is 5.69 Å². The number of nitro benzene ring substituents is 1. The van der Waals surface area contributed by atoms with Crippen molar-refractivity contribution < 1.29 is 29.0 Å². The molecule has 0 amide bonds. The number of benzene rings is 2. The molecule has 0 aliphatic heterocycles. The fraction of sp³-hybridized carbons (Fsp3) is 0.100. The number of aromatic amines is 1. The summed E-state index contributed by atoms with van der Waals surface area (Å²) in [6, 6.07) is 11.1. The minimum Gasteiger partial charge on any atom is -0.457 e. The van der Waals surface area contributed by atoms with Crippen LogP contribution < -0.4 is 9.47 Å². The molecule has 10 heteroatoms. The van der Waals surface area contributed by atoms with Crippen molar-refractivity contribution in [3.05, 3.63) is 64.3 Å². The topological polar surface area (TPSA) is 137 Å². The van der Waals surface area contributed by atoms with Crippen molar-refractivity contribution in [2.75, 3.05) is 7.11 Å². The van der Waals surface area contributed by atoms with Gasteiger partial charge in [-0.3, -0.25) is 10.1 Å². The maximum absolute atomic E-state index is 11.0. The third-order valence-electron chi connectivity index (χ3n) is 4.43. The van der Waals surface area contributed by atoms with Crippen molar-refractivity contribution in [1.29, 1.82) is 0 Å². The molecule has 0 unspecified atom stereocenters. The summed E-state index contributed by atoms with van der Waals surface area (Å²) in [5.41, 5.74) is 1.92. The van der Waals surface area contributed by atoms with Gasteiger partial charge in [-0.1, -0.05) is 0 Å². The Hall–Kier alpha value is -4.18. The average molecular weight is 409 g/mol. The second-order valence-electron chi connectivity index (χ2n) is 6.32. The van der Waals surface area contributed by atoms with Gasteiger partial charge in [0.2, 0.25) is 5.88 Å². The molecule has 0 aliphatic carbocycles. The standard InChI is InChI=1S/C20H15N3O7/c1-28-10-15-18-14-8-13(29-12-4-2-11(3-5-12)23(26)27)6-7-16(14)22-17(18)9-21-19(15)30-20(24)25/h2-9,22H,10H2,1H3,(H,24,25). The molecule has 4 aromatic rings. The summed E-state index contributed by atoms with van der Waals surface area (Å²) in [5, 5.41) is 21.2. The molecule has 2 aromatic heterocycles. The van der Waals surface area contributed by atoms with Crippen molar-refractivity contribution in [2.45, 2.75) is 6.61 Å². The summed E-state index contributed by atoms with van der Waals surface area (Å²) in [4.78, 5) is 28.6. The highest BCUT2D eigenvalue weighted by Gasteiger charge is 2.18. The van der Waals surface area contributed by atoms with Crippen molar-refractivity contribution in [3.63, 3.8) is 0 Å². The molecule has 2 aromatic carbocycles. The largest absolute Gasteiger partial charge is 0.512 e. The van der Waals surface area contributed by atoms with E-state index in [0.29, 0.717) is 28.0 Å². The third kappa shape index (κ3) is 3.59. The van der Waals surface area contributed by atoms with Gasteiger partial charge in [0.15, 0.2) is 0 Å². The maximum atomic E-state index is 11.0. The Bertz CT molecular complexity index is 1270. The fourth-order valence-electron chi connectivity index (χ4n) is 3.21. The Morgan fingerprint density at radius 2 is 1.90 bits per heavy atom. The lowest BCUT2D eigenvalue weighted by molar-refractivity contribution is -0.384. The zero-order valence-corrected chi connectivity index (χ0v) is 15.6. The number of nitrogens with zero attached hydrogens (tertiary/aromatic N) is 2. The van der Waals surface area contributed by atoms with Crippen LogP contribution in [-0.4, -0.2) is 33.3 Å². The van der Waals surface area contributed by atoms with Gasteiger partial charge in [0, 0.05) is 35.5 Å². The Kier molecular flexibility index (Phi) is 4.90. The summed E-state index contributed by atoms with van der Waals surface area (Å²) < 4.78 is 15.9. The Labute approximate surface area is 168 Å². The van der Waals surface area contributed by atoms with Crippen molar-refractivity contribution in [1.82, 2.24) is 9.97 Å². The van der Waals surface area contributed by atoms with Crippen molar-refractivity contribution in [3.8, 4) is 17.4 Å². The second-order valence-corrected chi connectivity index (χ2v) is 6.32. The van der Waals surface area contributed by atoms with Crippen LogP contribution in [0.25, 0.3) is 21.8 Å². The molecular weight excluding hydrogens is 394 g/mol. The molecule has 30 heavy (non-hydrogen) atoms. The molecule has 0 saturated heterocycles. The fourth-order valence-corrected chi connectivity index (χ4v) is 3.21. The van der Waals surface area contributed by atoms with Gasteiger partial charge in [0.05, 0.1) is 28.8 Å². The number of non-ortho nitro benzene ring substituents is 1. The van der Waals surface area contributed by atoms with Crippen LogP contribution in [0.3, 0.4) is 0 Å². The molecule has 0 atom stereocenters. The van der Waals surface area contributed by atoms with E-state index >= 15 is 0 Å². The van der Waals surface area contributed by atoms with E-state index in [-0.39, 0.29) is 18.2 Å². The molecule has 2 N–H and O–H groups in total. The van der Waals surface area contributed by atoms with Crippen molar-refractivity contribution >= 4 is 33.6 Å². The number of nitro groups is 1. The Balaban J connectivity index is 1.79. The predicted molar refractivity (Wildman–Crippen MR) is 106 cm³/mol. The summed E-state index contributed by atoms with van der Waals surface area (Å²) in [6.45, 7) is 0.0906. The molecule has 152 valence electrons. The quantitative estimate of drug-likeness (QED) is 0.267. The van der Waals surface area contributed by atoms with Crippen LogP contribution in [0.1, 0.15) is 5.56 Å². The normalized spacial score (nSPS) is 11.0. The van der Waals surface area contributed by atoms with E-state index in [0.717, 1.165) is 10.9 Å². The highest BCUT2D eigenvalue weighted by Crippen LogP contribution is 2.36. The number of hydrogen-bond acceptors (Lipinski definition) is 7. The maximum Gasteiger partial charge on any atom is 0.512 e. The lowest BCUT2D eigenvalue weighted by Gasteiger charge is -2.09. The van der Waals surface area contributed by atoms with Crippen LogP contribution in [0.15, 0.2) is 48.7 Å². The van der Waals surface area contributed by atoms with Gasteiger partial charge in [-0.25, -0.2) is 9.78 Å². The van der Waals surface area contributed by atoms with E-state index in [4.69, 9.17) is 19.3 Å². The number of pyridine rings is 1. The van der Waals surface area contributed by atoms with Crippen LogP contribution >= 0.6 is 0 Å². The minimum atomic E-state index is -1.47. The number of hydrogen-bond donors (Lipinski definition) is 2. The van der Waals surface area contributed by atoms with E-state index in [9.17, 15) is 14.9 Å². The lowest BCUT2D eigenvalue weighted by atomic mass is 10.1. The first-order valence-electron chi connectivity index (χ1n) is 8.71. The van der Waals surface area contributed by atoms with Gasteiger partial charge >= 0.3 is 6.16 Å². The lowest BCUT2D eigenvalue weighted by Crippen LogP contribution is -2.07. The molecule has 0 spiro atoms. The average Bonchev–Trinajstić information content (AvgIpc) is 3.08. The molecule has 0 aliphatic rings. The summed E-state index contributed by atoms with van der Waals surface area (Å²) >= 11 is 0. The summed E-state index contributed by atoms with van der Waals surface area (Å²) in [7, 11) is 1.49. The highest BCUT2D eigenvalue weighted by molar-refractivity contribution is 6.09. The molecule has 10 nitrogen and oxygen atoms in total. The first-order chi connectivity index (χ1) is 14.5. The third-order valence-corrected chi connectivity index (χ3v) is 4.43. The zero-order valence-electron chi connectivity index (χ0n) is 15.6. The van der Waals surface area contributed by atoms with E-state index in [2.05, 4.69) is 9.97 Å². The number of methoxy groups -OCH3 is 1. The number of fused-ring (bicyclic) bond motifs is 3. The number of carbonyl (C=O) groups is 1. The van der Waals surface area contributed by atoms with Crippen LogP contribution in [0, 0.1) is 10.1 Å². The van der Waals surface area contributed by atoms with E-state index in [1.165, 1.54) is 37.6 Å². The van der Waals surface area contributed by atoms with Gasteiger partial charge in [-0.2, -0.15) is 0 Å². The van der Waals surface area contributed by atoms with Gasteiger partial charge < -0.3 is 24.3 Å². The number of ether oxygens (including phenoxy) is 3. The van der Waals surface area contributed by atoms with E-state index in [1.807, 2.05) is 6.07 Å². The first kappa shape index (κ1) is 19.2. The number of nitrogens with one attached hydrogen (secondary N) is 1. The van der Waals surface area contributed by atoms with E-state index < -0.39 is 11.1 Å². The van der Waals surface area contributed by atoms with E-state index in [1.54, 1.807) is 12.1 Å². The molecule has 0 bridgehead atoms. The summed E-state index contributed by atoms with van der Waals surface area (Å²) in [5.74, 6) is 0.881. The number of rotatable bonds is 6. The monoisotopic (exact) mass is 409 g/mol. The molecule has 0 radical (unpaired) electrons. The summed E-state index contributed by atoms with van der Waals surface area (Å²) in [6.07, 6.45) is 0.0186.